The Morgan fingerprint density at radius 2 is 2.13 bits per heavy atom. The average molecular weight is 330 g/mol. The summed E-state index contributed by atoms with van der Waals surface area (Å²) >= 11 is 0. The van der Waals surface area contributed by atoms with Gasteiger partial charge in [-0.3, -0.25) is 9.36 Å². The van der Waals surface area contributed by atoms with Crippen molar-refractivity contribution < 1.29 is 30.0 Å². The predicted octanol–water partition coefficient (Wildman–Crippen LogP) is -3.82. The number of aliphatic hydroxyl groups excluding tert-OH is 3. The fraction of sp³-hybridized carbons (Fsp3) is 0.583. The Balaban J connectivity index is 2.58. The molecule has 11 heteroatoms. The summed E-state index contributed by atoms with van der Waals surface area (Å²) in [7, 11) is 0. The Hall–Kier alpha value is -2.05. The minimum Gasteiger partial charge on any atom is -0.481 e. The number of hydrogen-bond donors (Lipinski definition) is 6. The third-order valence-corrected chi connectivity index (χ3v) is 3.78. The monoisotopic (exact) mass is 330 g/mol. The van der Waals surface area contributed by atoms with Gasteiger partial charge in [-0.25, -0.2) is 4.79 Å². The van der Waals surface area contributed by atoms with Crippen molar-refractivity contribution >= 4 is 11.8 Å². The first kappa shape index (κ1) is 17.3. The van der Waals surface area contributed by atoms with Crippen molar-refractivity contribution in [2.24, 2.45) is 5.73 Å². The highest BCUT2D eigenvalue weighted by molar-refractivity contribution is 5.71. The van der Waals surface area contributed by atoms with Crippen LogP contribution < -0.4 is 17.2 Å². The number of nitrogen functional groups attached to an aromatic ring is 1. The highest BCUT2D eigenvalue weighted by atomic mass is 16.6. The first-order valence-corrected chi connectivity index (χ1v) is 6.72. The van der Waals surface area contributed by atoms with E-state index in [1.165, 1.54) is 0 Å². The summed E-state index contributed by atoms with van der Waals surface area (Å²) in [6.45, 7) is -1.04. The number of aliphatic carboxylic acids is 1. The van der Waals surface area contributed by atoms with Crippen LogP contribution in [-0.4, -0.2) is 67.4 Å². The molecule has 2 heterocycles. The van der Waals surface area contributed by atoms with Gasteiger partial charge in [-0.15, -0.1) is 0 Å². The van der Waals surface area contributed by atoms with Crippen LogP contribution in [0.25, 0.3) is 0 Å². The zero-order valence-electron chi connectivity index (χ0n) is 12.0. The van der Waals surface area contributed by atoms with Crippen LogP contribution in [0.5, 0.6) is 0 Å². The predicted molar refractivity (Wildman–Crippen MR) is 75.2 cm³/mol. The maximum atomic E-state index is 12.1. The van der Waals surface area contributed by atoms with Crippen LogP contribution in [-0.2, 0) is 21.7 Å². The van der Waals surface area contributed by atoms with Gasteiger partial charge in [0.2, 0.25) is 0 Å². The van der Waals surface area contributed by atoms with E-state index < -0.39 is 55.3 Å². The van der Waals surface area contributed by atoms with E-state index in [0.717, 1.165) is 10.8 Å². The van der Waals surface area contributed by atoms with Gasteiger partial charge in [0.1, 0.15) is 24.1 Å². The molecule has 11 nitrogen and oxygen atoms in total. The molecule has 128 valence electrons. The van der Waals surface area contributed by atoms with Gasteiger partial charge < -0.3 is 36.6 Å². The van der Waals surface area contributed by atoms with Crippen molar-refractivity contribution in [2.45, 2.75) is 30.5 Å². The van der Waals surface area contributed by atoms with Crippen LogP contribution in [0.15, 0.2) is 11.0 Å². The second-order valence-electron chi connectivity index (χ2n) is 5.20. The lowest BCUT2D eigenvalue weighted by Crippen LogP contribution is -2.55. The normalized spacial score (nSPS) is 30.5. The van der Waals surface area contributed by atoms with Crippen molar-refractivity contribution in [3.8, 4) is 0 Å². The Morgan fingerprint density at radius 1 is 1.48 bits per heavy atom. The molecular formula is C12H18N4O7. The smallest absolute Gasteiger partial charge is 0.351 e. The average Bonchev–Trinajstić information content (AvgIpc) is 2.74. The van der Waals surface area contributed by atoms with Crippen LogP contribution >= 0.6 is 0 Å². The van der Waals surface area contributed by atoms with Crippen LogP contribution in [0.3, 0.4) is 0 Å². The molecular weight excluding hydrogens is 312 g/mol. The van der Waals surface area contributed by atoms with E-state index in [1.807, 2.05) is 0 Å². The number of aliphatic hydroxyl groups is 3. The summed E-state index contributed by atoms with van der Waals surface area (Å²) in [6, 6.07) is 0. The Labute approximate surface area is 129 Å². The minimum atomic E-state index is -1.89. The SMILES string of the molecule is NC[C@@]1(n2cc(CC(=O)O)c(N)nc2=O)O[C@H](CO)[C@@H](O)[C@H]1O. The van der Waals surface area contributed by atoms with Gasteiger partial charge in [-0.05, 0) is 0 Å². The van der Waals surface area contributed by atoms with E-state index >= 15 is 0 Å². The number of aromatic nitrogens is 2. The highest BCUT2D eigenvalue weighted by Gasteiger charge is 2.55. The van der Waals surface area contributed by atoms with Crippen molar-refractivity contribution in [1.29, 1.82) is 0 Å². The molecule has 1 aromatic rings. The molecule has 1 aliphatic heterocycles. The summed E-state index contributed by atoms with van der Waals surface area (Å²) < 4.78 is 6.20. The number of ether oxygens (including phenoxy) is 1. The molecule has 8 N–H and O–H groups in total. The molecule has 1 saturated heterocycles. The Morgan fingerprint density at radius 3 is 2.61 bits per heavy atom. The van der Waals surface area contributed by atoms with Gasteiger partial charge in [0.05, 0.1) is 13.0 Å². The molecule has 23 heavy (non-hydrogen) atoms. The van der Waals surface area contributed by atoms with Crippen molar-refractivity contribution in [3.05, 3.63) is 22.2 Å². The van der Waals surface area contributed by atoms with Crippen LogP contribution in [0.4, 0.5) is 5.82 Å². The summed E-state index contributed by atoms with van der Waals surface area (Å²) in [5.41, 5.74) is 8.33. The highest BCUT2D eigenvalue weighted by Crippen LogP contribution is 2.34. The first-order valence-electron chi connectivity index (χ1n) is 6.72. The molecule has 0 bridgehead atoms. The van der Waals surface area contributed by atoms with Crippen LogP contribution in [0.1, 0.15) is 5.56 Å². The third kappa shape index (κ3) is 2.80. The molecule has 1 fully saturated rings. The van der Waals surface area contributed by atoms with Gasteiger partial charge in [0.25, 0.3) is 0 Å². The molecule has 0 radical (unpaired) electrons. The van der Waals surface area contributed by atoms with Gasteiger partial charge >= 0.3 is 11.7 Å². The Bertz CT molecular complexity index is 663. The largest absolute Gasteiger partial charge is 0.481 e. The van der Waals surface area contributed by atoms with E-state index in [-0.39, 0.29) is 11.4 Å². The summed E-state index contributed by atoms with van der Waals surface area (Å²) in [5.74, 6) is -1.47. The number of hydrogen-bond acceptors (Lipinski definition) is 9. The van der Waals surface area contributed by atoms with E-state index in [0.29, 0.717) is 0 Å². The van der Waals surface area contributed by atoms with Crippen LogP contribution in [0, 0.1) is 0 Å². The molecule has 0 saturated carbocycles. The van der Waals surface area contributed by atoms with E-state index in [2.05, 4.69) is 4.98 Å². The number of anilines is 1. The zero-order chi connectivity index (χ0) is 17.4. The van der Waals surface area contributed by atoms with Crippen LogP contribution in [0.2, 0.25) is 0 Å². The number of nitrogens with zero attached hydrogens (tertiary/aromatic N) is 2. The van der Waals surface area contributed by atoms with Gasteiger partial charge in [-0.1, -0.05) is 0 Å². The quantitative estimate of drug-likeness (QED) is 0.311. The standard InChI is InChI=1S/C12H18N4O7/c13-4-12(9(21)8(20)6(3-17)23-12)16-2-5(1-7(18)19)10(14)15-11(16)22/h2,6,8-9,17,20-21H,1,3-4,13H2,(H,18,19)(H2,14,15,22)/t6-,8-,9-,12-/m1/s1. The second-order valence-corrected chi connectivity index (χ2v) is 5.20. The fourth-order valence-corrected chi connectivity index (χ4v) is 2.56. The van der Waals surface area contributed by atoms with E-state index in [9.17, 15) is 24.9 Å². The van der Waals surface area contributed by atoms with Crippen molar-refractivity contribution in [1.82, 2.24) is 9.55 Å². The molecule has 0 amide bonds. The maximum absolute atomic E-state index is 12.1. The molecule has 2 rings (SSSR count). The number of carboxylic acids is 1. The number of carboxylic acid groups (broad SMARTS) is 1. The molecule has 0 unspecified atom stereocenters. The van der Waals surface area contributed by atoms with Crippen molar-refractivity contribution in [2.75, 3.05) is 18.9 Å². The zero-order valence-corrected chi connectivity index (χ0v) is 12.0. The van der Waals surface area contributed by atoms with Gasteiger partial charge in [-0.2, -0.15) is 4.98 Å². The Kier molecular flexibility index (Phi) is 4.68. The summed E-state index contributed by atoms with van der Waals surface area (Å²) in [4.78, 5) is 26.5. The third-order valence-electron chi connectivity index (χ3n) is 3.78. The lowest BCUT2D eigenvalue weighted by Gasteiger charge is -2.32. The fourth-order valence-electron chi connectivity index (χ4n) is 2.56. The summed E-state index contributed by atoms with van der Waals surface area (Å²) in [5, 5.41) is 38.2. The topological polar surface area (TPSA) is 194 Å². The molecule has 0 spiro atoms. The molecule has 0 aliphatic carbocycles. The molecule has 0 aromatic carbocycles. The number of nitrogens with two attached hydrogens (primary N) is 2. The lowest BCUT2D eigenvalue weighted by molar-refractivity contribution is -0.143. The van der Waals surface area contributed by atoms with Crippen molar-refractivity contribution in [3.63, 3.8) is 0 Å². The molecule has 1 aromatic heterocycles. The summed E-state index contributed by atoms with van der Waals surface area (Å²) in [6.07, 6.45) is -3.73. The van der Waals surface area contributed by atoms with E-state index in [1.54, 1.807) is 0 Å². The maximum Gasteiger partial charge on any atom is 0.351 e. The van der Waals surface area contributed by atoms with E-state index in [4.69, 9.17) is 21.3 Å². The second kappa shape index (κ2) is 6.22. The number of carbonyl (C=O) groups is 1. The first-order chi connectivity index (χ1) is 10.8. The molecule has 1 aliphatic rings. The number of rotatable bonds is 5. The minimum absolute atomic E-state index is 0.0164. The molecule has 4 atom stereocenters. The van der Waals surface area contributed by atoms with Gasteiger partial charge in [0, 0.05) is 18.3 Å². The lowest BCUT2D eigenvalue weighted by atomic mass is 10.0. The van der Waals surface area contributed by atoms with Gasteiger partial charge in [0.15, 0.2) is 5.72 Å².